The van der Waals surface area contributed by atoms with Crippen molar-refractivity contribution in [3.63, 3.8) is 0 Å². The third-order valence-electron chi connectivity index (χ3n) is 5.02. The van der Waals surface area contributed by atoms with Gasteiger partial charge in [-0.05, 0) is 25.7 Å². The molecule has 7 heteroatoms. The Morgan fingerprint density at radius 2 is 1.45 bits per heavy atom. The summed E-state index contributed by atoms with van der Waals surface area (Å²) in [5.74, 6) is -1.83. The molecule has 1 N–H and O–H groups in total. The van der Waals surface area contributed by atoms with Crippen LogP contribution in [0, 0.1) is 11.8 Å². The van der Waals surface area contributed by atoms with Crippen LogP contribution in [0.5, 0.6) is 0 Å². The summed E-state index contributed by atoms with van der Waals surface area (Å²) in [7, 11) is 0. The Balaban J connectivity index is 1.50. The summed E-state index contributed by atoms with van der Waals surface area (Å²) in [5, 5.41) is 9.05. The van der Waals surface area contributed by atoms with Gasteiger partial charge in [0.2, 0.25) is 5.91 Å². The van der Waals surface area contributed by atoms with Gasteiger partial charge in [0.1, 0.15) is 6.10 Å². The molecule has 3 atom stereocenters. The smallest absolute Gasteiger partial charge is 0.307 e. The van der Waals surface area contributed by atoms with Crippen LogP contribution < -0.4 is 0 Å². The predicted molar refractivity (Wildman–Crippen MR) is 76.0 cm³/mol. The number of carbonyl (C=O) groups is 3. The number of hydrogen-bond acceptors (Lipinski definition) is 4. The zero-order valence-electron chi connectivity index (χ0n) is 12.6. The van der Waals surface area contributed by atoms with Gasteiger partial charge in [-0.1, -0.05) is 0 Å². The summed E-state index contributed by atoms with van der Waals surface area (Å²) in [6.07, 6.45) is 2.63. The number of aliphatic carboxylic acids is 1. The van der Waals surface area contributed by atoms with Crippen molar-refractivity contribution < 1.29 is 24.2 Å². The molecule has 2 heterocycles. The molecule has 3 rings (SSSR count). The predicted octanol–water partition coefficient (Wildman–Crippen LogP) is -0.0530. The SMILES string of the molecule is O=C(O)C1CCC1C(=O)N1CCN(C(=O)C2CCCO2)CC1. The van der Waals surface area contributed by atoms with Crippen LogP contribution in [-0.4, -0.2) is 71.6 Å². The number of nitrogens with zero attached hydrogens (tertiary/aromatic N) is 2. The van der Waals surface area contributed by atoms with Gasteiger partial charge in [-0.25, -0.2) is 0 Å². The number of amides is 2. The van der Waals surface area contributed by atoms with Crippen LogP contribution in [0.2, 0.25) is 0 Å². The Bertz CT molecular complexity index is 467. The first-order chi connectivity index (χ1) is 10.6. The van der Waals surface area contributed by atoms with Gasteiger partial charge in [0.05, 0.1) is 11.8 Å². The van der Waals surface area contributed by atoms with E-state index in [-0.39, 0.29) is 23.8 Å². The lowest BCUT2D eigenvalue weighted by molar-refractivity contribution is -0.158. The first-order valence-electron chi connectivity index (χ1n) is 8.00. The van der Waals surface area contributed by atoms with Gasteiger partial charge in [-0.3, -0.25) is 14.4 Å². The topological polar surface area (TPSA) is 87.2 Å². The van der Waals surface area contributed by atoms with Crippen LogP contribution in [0.15, 0.2) is 0 Å². The highest BCUT2D eigenvalue weighted by Gasteiger charge is 2.43. The minimum atomic E-state index is -0.878. The minimum absolute atomic E-state index is 0.0247. The van der Waals surface area contributed by atoms with Crippen molar-refractivity contribution in [3.05, 3.63) is 0 Å². The molecule has 0 spiro atoms. The lowest BCUT2D eigenvalue weighted by atomic mass is 9.73. The molecule has 2 saturated heterocycles. The average Bonchev–Trinajstić information content (AvgIpc) is 2.99. The van der Waals surface area contributed by atoms with E-state index in [1.807, 2.05) is 0 Å². The standard InChI is InChI=1S/C15H22N2O5/c18-13(10-3-4-11(10)15(20)21)16-5-7-17(8-6-16)14(19)12-2-1-9-22-12/h10-12H,1-9H2,(H,20,21). The Kier molecular flexibility index (Phi) is 4.33. The summed E-state index contributed by atoms with van der Waals surface area (Å²) in [6.45, 7) is 2.64. The summed E-state index contributed by atoms with van der Waals surface area (Å²) >= 11 is 0. The summed E-state index contributed by atoms with van der Waals surface area (Å²) in [4.78, 5) is 39.1. The zero-order chi connectivity index (χ0) is 15.7. The lowest BCUT2D eigenvalue weighted by Crippen LogP contribution is -2.55. The van der Waals surface area contributed by atoms with Gasteiger partial charge in [0.25, 0.3) is 5.91 Å². The quantitative estimate of drug-likeness (QED) is 0.789. The lowest BCUT2D eigenvalue weighted by Gasteiger charge is -2.40. The number of ether oxygens (including phenoxy) is 1. The van der Waals surface area contributed by atoms with Gasteiger partial charge in [-0.15, -0.1) is 0 Å². The first-order valence-corrected chi connectivity index (χ1v) is 8.00. The molecular formula is C15H22N2O5. The second-order valence-electron chi connectivity index (χ2n) is 6.28. The molecule has 0 aromatic heterocycles. The average molecular weight is 310 g/mol. The fourth-order valence-electron chi connectivity index (χ4n) is 3.45. The number of carboxylic acids is 1. The van der Waals surface area contributed by atoms with E-state index in [9.17, 15) is 14.4 Å². The molecule has 7 nitrogen and oxygen atoms in total. The van der Waals surface area contributed by atoms with Gasteiger partial charge >= 0.3 is 5.97 Å². The Morgan fingerprint density at radius 3 is 1.91 bits per heavy atom. The molecule has 2 aliphatic heterocycles. The van der Waals surface area contributed by atoms with Crippen molar-refractivity contribution in [2.24, 2.45) is 11.8 Å². The van der Waals surface area contributed by atoms with Gasteiger partial charge in [-0.2, -0.15) is 0 Å². The third kappa shape index (κ3) is 2.82. The fraction of sp³-hybridized carbons (Fsp3) is 0.800. The van der Waals surface area contributed by atoms with Crippen LogP contribution >= 0.6 is 0 Å². The molecule has 3 fully saturated rings. The van der Waals surface area contributed by atoms with Crippen LogP contribution in [0.4, 0.5) is 0 Å². The molecule has 0 radical (unpaired) electrons. The maximum absolute atomic E-state index is 12.4. The van der Waals surface area contributed by atoms with Crippen molar-refractivity contribution >= 4 is 17.8 Å². The molecule has 0 aromatic carbocycles. The Morgan fingerprint density at radius 1 is 0.864 bits per heavy atom. The van der Waals surface area contributed by atoms with E-state index >= 15 is 0 Å². The van der Waals surface area contributed by atoms with Gasteiger partial charge in [0, 0.05) is 32.8 Å². The van der Waals surface area contributed by atoms with E-state index in [0.717, 1.165) is 12.8 Å². The first kappa shape index (κ1) is 15.3. The molecule has 1 aliphatic carbocycles. The maximum Gasteiger partial charge on any atom is 0.307 e. The van der Waals surface area contributed by atoms with Crippen molar-refractivity contribution in [1.82, 2.24) is 9.80 Å². The molecule has 0 aromatic rings. The highest BCUT2D eigenvalue weighted by atomic mass is 16.5. The zero-order valence-corrected chi connectivity index (χ0v) is 12.6. The number of hydrogen-bond donors (Lipinski definition) is 1. The number of piperazine rings is 1. The molecule has 22 heavy (non-hydrogen) atoms. The second kappa shape index (κ2) is 6.24. The van der Waals surface area contributed by atoms with Crippen molar-refractivity contribution in [2.45, 2.75) is 31.8 Å². The normalized spacial score (nSPS) is 31.7. The van der Waals surface area contributed by atoms with Crippen molar-refractivity contribution in [1.29, 1.82) is 0 Å². The Hall–Kier alpha value is -1.63. The van der Waals surface area contributed by atoms with E-state index < -0.39 is 11.9 Å². The highest BCUT2D eigenvalue weighted by Crippen LogP contribution is 2.36. The molecule has 3 aliphatic rings. The van der Waals surface area contributed by atoms with Crippen molar-refractivity contribution in [2.75, 3.05) is 32.8 Å². The Labute approximate surface area is 129 Å². The largest absolute Gasteiger partial charge is 0.481 e. The van der Waals surface area contributed by atoms with Crippen LogP contribution in [0.3, 0.4) is 0 Å². The third-order valence-corrected chi connectivity index (χ3v) is 5.02. The van der Waals surface area contributed by atoms with E-state index in [2.05, 4.69) is 0 Å². The van der Waals surface area contributed by atoms with Gasteiger partial charge in [0.15, 0.2) is 0 Å². The highest BCUT2D eigenvalue weighted by molar-refractivity contribution is 5.87. The van der Waals surface area contributed by atoms with E-state index in [1.165, 1.54) is 0 Å². The van der Waals surface area contributed by atoms with Crippen LogP contribution in [0.25, 0.3) is 0 Å². The van der Waals surface area contributed by atoms with E-state index in [1.54, 1.807) is 9.80 Å². The van der Waals surface area contributed by atoms with Crippen LogP contribution in [0.1, 0.15) is 25.7 Å². The summed E-state index contributed by atoms with van der Waals surface area (Å²) < 4.78 is 5.41. The number of carboxylic acid groups (broad SMARTS) is 1. The minimum Gasteiger partial charge on any atom is -0.481 e. The molecule has 122 valence electrons. The maximum atomic E-state index is 12.4. The molecule has 0 bridgehead atoms. The number of rotatable bonds is 3. The molecule has 3 unspecified atom stereocenters. The fourth-order valence-corrected chi connectivity index (χ4v) is 3.45. The van der Waals surface area contributed by atoms with E-state index in [0.29, 0.717) is 45.6 Å². The van der Waals surface area contributed by atoms with E-state index in [4.69, 9.17) is 9.84 Å². The number of carbonyl (C=O) groups excluding carboxylic acids is 2. The van der Waals surface area contributed by atoms with Gasteiger partial charge < -0.3 is 19.6 Å². The molecular weight excluding hydrogens is 288 g/mol. The molecule has 1 saturated carbocycles. The molecule has 2 amide bonds. The second-order valence-corrected chi connectivity index (χ2v) is 6.28. The summed E-state index contributed by atoms with van der Waals surface area (Å²) in [6, 6.07) is 0. The monoisotopic (exact) mass is 310 g/mol. The van der Waals surface area contributed by atoms with Crippen molar-refractivity contribution in [3.8, 4) is 0 Å². The van der Waals surface area contributed by atoms with Crippen LogP contribution in [-0.2, 0) is 19.1 Å². The summed E-state index contributed by atoms with van der Waals surface area (Å²) in [5.41, 5.74) is 0.